The van der Waals surface area contributed by atoms with E-state index >= 15 is 0 Å². The molecule has 8 nitrogen and oxygen atoms in total. The highest BCUT2D eigenvalue weighted by atomic mass is 35.5. The molecule has 1 saturated carbocycles. The Morgan fingerprint density at radius 3 is 2.29 bits per heavy atom. The molecule has 1 aliphatic carbocycles. The standard InChI is InChI=1S/C31H32Cl2N2O6S/c1-2-24(19-34(25-9-4-3-5-10-25)42(39,40)26-15-16-26)35-29(20-11-13-22(32)14-12-20)30(21-7-6-8-23(33)17-21)41-27(31(35)38)18-28(36)37/h3-14,17,24,26-27,29-30H,2,15-16,18-19H2,1H3,(H,36,37)/t24-,27-,29+,30+/m0/s1. The minimum Gasteiger partial charge on any atom is -0.481 e. The van der Waals surface area contributed by atoms with E-state index in [2.05, 4.69) is 0 Å². The topological polar surface area (TPSA) is 104 Å². The third-order valence-electron chi connectivity index (χ3n) is 7.71. The van der Waals surface area contributed by atoms with Gasteiger partial charge < -0.3 is 14.7 Å². The predicted molar refractivity (Wildman–Crippen MR) is 162 cm³/mol. The molecule has 3 aromatic carbocycles. The van der Waals surface area contributed by atoms with E-state index in [4.69, 9.17) is 27.9 Å². The van der Waals surface area contributed by atoms with Crippen LogP contribution >= 0.6 is 23.2 Å². The molecule has 1 N–H and O–H groups in total. The van der Waals surface area contributed by atoms with Gasteiger partial charge in [-0.3, -0.25) is 13.9 Å². The van der Waals surface area contributed by atoms with Crippen molar-refractivity contribution in [3.05, 3.63) is 100 Å². The molecule has 2 aliphatic rings. The van der Waals surface area contributed by atoms with E-state index in [1.54, 1.807) is 71.6 Å². The van der Waals surface area contributed by atoms with Gasteiger partial charge in [0.1, 0.15) is 12.2 Å². The van der Waals surface area contributed by atoms with Gasteiger partial charge in [-0.15, -0.1) is 0 Å². The summed E-state index contributed by atoms with van der Waals surface area (Å²) in [6.07, 6.45) is -1.03. The number of halogens is 2. The zero-order valence-corrected chi connectivity index (χ0v) is 25.3. The number of amides is 1. The first kappa shape index (κ1) is 30.4. The van der Waals surface area contributed by atoms with E-state index in [1.807, 2.05) is 19.1 Å². The Morgan fingerprint density at radius 1 is 1.00 bits per heavy atom. The van der Waals surface area contributed by atoms with E-state index in [-0.39, 0.29) is 6.54 Å². The SMILES string of the molecule is CC[C@@H](CN(c1ccccc1)S(=O)(=O)C1CC1)N1C(=O)[C@H](CC(=O)O)O[C@H](c2cccc(Cl)c2)[C@H]1c1ccc(Cl)cc1. The number of benzene rings is 3. The van der Waals surface area contributed by atoms with Crippen LogP contribution in [0.4, 0.5) is 5.69 Å². The second-order valence-corrected chi connectivity index (χ2v) is 13.6. The van der Waals surface area contributed by atoms with Gasteiger partial charge in [-0.1, -0.05) is 72.6 Å². The van der Waals surface area contributed by atoms with Crippen LogP contribution in [0, 0.1) is 0 Å². The van der Waals surface area contributed by atoms with Crippen LogP contribution in [0.3, 0.4) is 0 Å². The van der Waals surface area contributed by atoms with Gasteiger partial charge in [0.2, 0.25) is 10.0 Å². The van der Waals surface area contributed by atoms with Crippen LogP contribution in [0.1, 0.15) is 55.9 Å². The zero-order chi connectivity index (χ0) is 30.0. The molecule has 222 valence electrons. The second kappa shape index (κ2) is 12.6. The van der Waals surface area contributed by atoms with Crippen LogP contribution in [-0.2, 0) is 24.3 Å². The monoisotopic (exact) mass is 630 g/mol. The number of hydrogen-bond acceptors (Lipinski definition) is 5. The highest BCUT2D eigenvalue weighted by molar-refractivity contribution is 7.93. The number of aliphatic carboxylic acids is 1. The summed E-state index contributed by atoms with van der Waals surface area (Å²) in [7, 11) is -3.70. The normalized spacial score (nSPS) is 21.6. The molecule has 1 heterocycles. The van der Waals surface area contributed by atoms with Gasteiger partial charge in [-0.25, -0.2) is 8.42 Å². The zero-order valence-electron chi connectivity index (χ0n) is 23.0. The number of carbonyl (C=O) groups is 2. The summed E-state index contributed by atoms with van der Waals surface area (Å²) in [6, 6.07) is 21.6. The van der Waals surface area contributed by atoms with Crippen LogP contribution in [0.2, 0.25) is 10.0 Å². The van der Waals surface area contributed by atoms with E-state index in [1.165, 1.54) is 4.31 Å². The summed E-state index contributed by atoms with van der Waals surface area (Å²) in [6.45, 7) is 1.89. The molecule has 0 spiro atoms. The fourth-order valence-corrected chi connectivity index (χ4v) is 7.71. The first-order valence-electron chi connectivity index (χ1n) is 13.9. The van der Waals surface area contributed by atoms with E-state index in [9.17, 15) is 23.1 Å². The fourth-order valence-electron chi connectivity index (χ4n) is 5.50. The molecule has 42 heavy (non-hydrogen) atoms. The number of rotatable bonds is 11. The minimum atomic E-state index is -3.70. The molecule has 0 unspecified atom stereocenters. The van der Waals surface area contributed by atoms with Crippen molar-refractivity contribution in [1.29, 1.82) is 0 Å². The maximum atomic E-state index is 14.2. The maximum Gasteiger partial charge on any atom is 0.306 e. The van der Waals surface area contributed by atoms with Crippen molar-refractivity contribution in [2.24, 2.45) is 0 Å². The summed E-state index contributed by atoms with van der Waals surface area (Å²) >= 11 is 12.6. The number of morpholine rings is 1. The Kier molecular flexibility index (Phi) is 9.13. The summed E-state index contributed by atoms with van der Waals surface area (Å²) in [4.78, 5) is 27.7. The summed E-state index contributed by atoms with van der Waals surface area (Å²) in [5.41, 5.74) is 1.89. The Labute approximate surface area is 255 Å². The van der Waals surface area contributed by atoms with E-state index < -0.39 is 57.9 Å². The molecule has 4 atom stereocenters. The van der Waals surface area contributed by atoms with Crippen molar-refractivity contribution in [1.82, 2.24) is 4.90 Å². The lowest BCUT2D eigenvalue weighted by Crippen LogP contribution is -2.58. The van der Waals surface area contributed by atoms with Crippen LogP contribution < -0.4 is 4.31 Å². The lowest BCUT2D eigenvalue weighted by atomic mass is 9.89. The average Bonchev–Trinajstić information content (AvgIpc) is 3.82. The van der Waals surface area contributed by atoms with Crippen molar-refractivity contribution in [3.63, 3.8) is 0 Å². The lowest BCUT2D eigenvalue weighted by Gasteiger charge is -2.48. The van der Waals surface area contributed by atoms with Gasteiger partial charge in [0.15, 0.2) is 0 Å². The maximum absolute atomic E-state index is 14.2. The summed E-state index contributed by atoms with van der Waals surface area (Å²) < 4.78 is 35.1. The number of para-hydroxylation sites is 1. The number of carboxylic acid groups (broad SMARTS) is 1. The van der Waals surface area contributed by atoms with Crippen molar-refractivity contribution < 1.29 is 27.9 Å². The molecular weight excluding hydrogens is 599 g/mol. The average molecular weight is 632 g/mol. The predicted octanol–water partition coefficient (Wildman–Crippen LogP) is 6.26. The lowest BCUT2D eigenvalue weighted by molar-refractivity contribution is -0.183. The van der Waals surface area contributed by atoms with Crippen molar-refractivity contribution >= 4 is 50.8 Å². The van der Waals surface area contributed by atoms with Gasteiger partial charge in [0.05, 0.1) is 36.0 Å². The fraction of sp³-hybridized carbons (Fsp3) is 0.355. The van der Waals surface area contributed by atoms with Crippen molar-refractivity contribution in [2.75, 3.05) is 10.8 Å². The minimum absolute atomic E-state index is 0.00274. The quantitative estimate of drug-likeness (QED) is 0.268. The first-order chi connectivity index (χ1) is 20.1. The van der Waals surface area contributed by atoms with Gasteiger partial charge in [0.25, 0.3) is 5.91 Å². The van der Waals surface area contributed by atoms with Crippen molar-refractivity contribution in [3.8, 4) is 0 Å². The first-order valence-corrected chi connectivity index (χ1v) is 16.1. The summed E-state index contributed by atoms with van der Waals surface area (Å²) in [5, 5.41) is 10.2. The third kappa shape index (κ3) is 6.44. The molecule has 1 amide bonds. The number of carboxylic acids is 1. The van der Waals surface area contributed by atoms with Gasteiger partial charge in [-0.2, -0.15) is 0 Å². The number of carbonyl (C=O) groups excluding carboxylic acids is 1. The van der Waals surface area contributed by atoms with Crippen LogP contribution in [0.25, 0.3) is 0 Å². The number of sulfonamides is 1. The van der Waals surface area contributed by atoms with Gasteiger partial charge >= 0.3 is 5.97 Å². The van der Waals surface area contributed by atoms with Crippen LogP contribution in [-0.4, -0.2) is 54.2 Å². The Balaban J connectivity index is 1.64. The molecule has 1 saturated heterocycles. The molecule has 5 rings (SSSR count). The third-order valence-corrected chi connectivity index (χ3v) is 10.5. The van der Waals surface area contributed by atoms with Crippen LogP contribution in [0.5, 0.6) is 0 Å². The highest BCUT2D eigenvalue weighted by Gasteiger charge is 2.49. The second-order valence-electron chi connectivity index (χ2n) is 10.6. The van der Waals surface area contributed by atoms with E-state index in [0.29, 0.717) is 46.1 Å². The molecule has 1 aliphatic heterocycles. The molecule has 11 heteroatoms. The molecule has 0 radical (unpaired) electrons. The Hall–Kier alpha value is -3.11. The Morgan fingerprint density at radius 2 is 1.69 bits per heavy atom. The molecule has 2 fully saturated rings. The van der Waals surface area contributed by atoms with Gasteiger partial charge in [0, 0.05) is 10.0 Å². The number of ether oxygens (including phenoxy) is 1. The van der Waals surface area contributed by atoms with Gasteiger partial charge in [-0.05, 0) is 66.8 Å². The molecule has 0 aromatic heterocycles. The van der Waals surface area contributed by atoms with Crippen LogP contribution in [0.15, 0.2) is 78.9 Å². The number of hydrogen-bond donors (Lipinski definition) is 1. The highest BCUT2D eigenvalue weighted by Crippen LogP contribution is 2.45. The largest absolute Gasteiger partial charge is 0.481 e. The molecule has 0 bridgehead atoms. The van der Waals surface area contributed by atoms with E-state index in [0.717, 1.165) is 0 Å². The number of nitrogens with zero attached hydrogens (tertiary/aromatic N) is 2. The summed E-state index contributed by atoms with van der Waals surface area (Å²) in [5.74, 6) is -1.70. The Bertz CT molecular complexity index is 1530. The smallest absolute Gasteiger partial charge is 0.306 e. The molecular formula is C31H32Cl2N2O6S. The molecule has 3 aromatic rings. The number of anilines is 1. The van der Waals surface area contributed by atoms with Crippen molar-refractivity contribution in [2.45, 2.75) is 62.1 Å².